The highest BCUT2D eigenvalue weighted by molar-refractivity contribution is 5.52. The van der Waals surface area contributed by atoms with Crippen LogP contribution >= 0.6 is 0 Å². The molecule has 0 saturated carbocycles. The second kappa shape index (κ2) is 5.09. The third-order valence-corrected chi connectivity index (χ3v) is 4.25. The Labute approximate surface area is 133 Å². The Balaban J connectivity index is 1.66. The first-order chi connectivity index (χ1) is 11.1. The Bertz CT molecular complexity index is 914. The van der Waals surface area contributed by atoms with Crippen LogP contribution in [-0.4, -0.2) is 37.5 Å². The first-order valence-electron chi connectivity index (χ1n) is 7.67. The third kappa shape index (κ3) is 2.32. The van der Waals surface area contributed by atoms with Crippen LogP contribution in [-0.2, 0) is 0 Å². The lowest BCUT2D eigenvalue weighted by Gasteiger charge is -2.20. The zero-order valence-electron chi connectivity index (χ0n) is 13.1. The van der Waals surface area contributed by atoms with Crippen LogP contribution in [0.3, 0.4) is 0 Å². The zero-order chi connectivity index (χ0) is 16.0. The van der Waals surface area contributed by atoms with E-state index in [1.54, 1.807) is 6.20 Å². The Kier molecular flexibility index (Phi) is 3.05. The van der Waals surface area contributed by atoms with E-state index in [9.17, 15) is 0 Å². The highest BCUT2D eigenvalue weighted by atomic mass is 15.4. The monoisotopic (exact) mass is 307 g/mol. The van der Waals surface area contributed by atoms with E-state index in [0.29, 0.717) is 5.56 Å². The Morgan fingerprint density at radius 3 is 2.91 bits per heavy atom. The minimum absolute atomic E-state index is 0.275. The van der Waals surface area contributed by atoms with Gasteiger partial charge >= 0.3 is 0 Å². The molecule has 1 atom stereocenters. The number of nitrogens with zero attached hydrogens (tertiary/aromatic N) is 7. The van der Waals surface area contributed by atoms with E-state index < -0.39 is 0 Å². The summed E-state index contributed by atoms with van der Waals surface area (Å²) in [5.74, 6) is 1.07. The fourth-order valence-electron chi connectivity index (χ4n) is 3.18. The zero-order valence-corrected chi connectivity index (χ0v) is 13.1. The van der Waals surface area contributed by atoms with Gasteiger partial charge in [0.1, 0.15) is 11.9 Å². The van der Waals surface area contributed by atoms with Gasteiger partial charge in [0.2, 0.25) is 0 Å². The second-order valence-electron chi connectivity index (χ2n) is 6.02. The van der Waals surface area contributed by atoms with E-state index in [-0.39, 0.29) is 6.04 Å². The number of rotatable bonds is 2. The van der Waals surface area contributed by atoms with Gasteiger partial charge < -0.3 is 4.90 Å². The molecule has 4 heterocycles. The molecule has 0 bridgehead atoms. The molecule has 0 N–H and O–H groups in total. The van der Waals surface area contributed by atoms with Gasteiger partial charge in [0.25, 0.3) is 0 Å². The lowest BCUT2D eigenvalue weighted by molar-refractivity contribution is 0.494. The number of nitriles is 1. The van der Waals surface area contributed by atoms with Crippen LogP contribution in [0.4, 0.5) is 5.82 Å². The van der Waals surface area contributed by atoms with Crippen molar-refractivity contribution in [2.75, 3.05) is 18.0 Å². The SMILES string of the molecule is Cc1cc(N2CCC(n3cc(C#N)cn3)C2)n2nc(C)cc2n1. The molecule has 1 fully saturated rings. The summed E-state index contributed by atoms with van der Waals surface area (Å²) < 4.78 is 3.81. The van der Waals surface area contributed by atoms with Crippen LogP contribution < -0.4 is 4.90 Å². The summed E-state index contributed by atoms with van der Waals surface area (Å²) in [7, 11) is 0. The van der Waals surface area contributed by atoms with Gasteiger partial charge in [-0.2, -0.15) is 20.0 Å². The van der Waals surface area contributed by atoms with E-state index in [2.05, 4.69) is 32.2 Å². The fraction of sp³-hybridized carbons (Fsp3) is 0.375. The fourth-order valence-corrected chi connectivity index (χ4v) is 3.18. The molecule has 0 radical (unpaired) electrons. The predicted molar refractivity (Wildman–Crippen MR) is 85.3 cm³/mol. The van der Waals surface area contributed by atoms with Crippen LogP contribution in [0.2, 0.25) is 0 Å². The van der Waals surface area contributed by atoms with E-state index in [4.69, 9.17) is 5.26 Å². The number of aromatic nitrogens is 5. The molecule has 0 spiro atoms. The van der Waals surface area contributed by atoms with E-state index in [1.807, 2.05) is 35.3 Å². The van der Waals surface area contributed by atoms with Crippen molar-refractivity contribution in [3.05, 3.63) is 41.5 Å². The molecule has 7 heteroatoms. The summed E-state index contributed by atoms with van der Waals surface area (Å²) in [6, 6.07) is 6.48. The van der Waals surface area contributed by atoms with Crippen LogP contribution in [0.1, 0.15) is 29.4 Å². The van der Waals surface area contributed by atoms with Gasteiger partial charge in [-0.3, -0.25) is 4.68 Å². The summed E-state index contributed by atoms with van der Waals surface area (Å²) in [4.78, 5) is 6.85. The quantitative estimate of drug-likeness (QED) is 0.722. The smallest absolute Gasteiger partial charge is 0.157 e. The van der Waals surface area contributed by atoms with Crippen LogP contribution in [0.15, 0.2) is 24.5 Å². The standard InChI is InChI=1S/C16H17N7/c1-11-6-16(23-15(19-11)5-12(2)20-23)21-4-3-14(10-21)22-9-13(7-17)8-18-22/h5-6,8-9,14H,3-4,10H2,1-2H3. The number of hydrogen-bond donors (Lipinski definition) is 0. The number of hydrogen-bond acceptors (Lipinski definition) is 5. The summed E-state index contributed by atoms with van der Waals surface area (Å²) >= 11 is 0. The molecule has 1 unspecified atom stereocenters. The molecule has 0 amide bonds. The number of anilines is 1. The summed E-state index contributed by atoms with van der Waals surface area (Å²) in [5, 5.41) is 17.8. The summed E-state index contributed by atoms with van der Waals surface area (Å²) in [6.45, 7) is 5.77. The van der Waals surface area contributed by atoms with Crippen molar-refractivity contribution in [2.24, 2.45) is 0 Å². The molecule has 3 aromatic heterocycles. The Morgan fingerprint density at radius 2 is 2.13 bits per heavy atom. The molecule has 1 saturated heterocycles. The average Bonchev–Trinajstić information content (AvgIpc) is 3.24. The molecule has 0 aliphatic carbocycles. The van der Waals surface area contributed by atoms with Crippen molar-refractivity contribution in [1.29, 1.82) is 5.26 Å². The maximum absolute atomic E-state index is 8.94. The predicted octanol–water partition coefficient (Wildman–Crippen LogP) is 1.87. The van der Waals surface area contributed by atoms with Gasteiger partial charge in [0.15, 0.2) is 5.65 Å². The van der Waals surface area contributed by atoms with Gasteiger partial charge in [-0.05, 0) is 20.3 Å². The molecule has 1 aliphatic heterocycles. The lowest BCUT2D eigenvalue weighted by Crippen LogP contribution is -2.24. The Morgan fingerprint density at radius 1 is 1.26 bits per heavy atom. The number of aryl methyl sites for hydroxylation is 2. The minimum atomic E-state index is 0.275. The van der Waals surface area contributed by atoms with Crippen LogP contribution in [0.25, 0.3) is 5.65 Å². The molecule has 23 heavy (non-hydrogen) atoms. The Hall–Kier alpha value is -2.88. The highest BCUT2D eigenvalue weighted by Gasteiger charge is 2.26. The molecular weight excluding hydrogens is 290 g/mol. The minimum Gasteiger partial charge on any atom is -0.354 e. The maximum atomic E-state index is 8.94. The van der Waals surface area contributed by atoms with E-state index >= 15 is 0 Å². The first kappa shape index (κ1) is 13.8. The van der Waals surface area contributed by atoms with Crippen molar-refractivity contribution in [1.82, 2.24) is 24.4 Å². The van der Waals surface area contributed by atoms with Gasteiger partial charge in [-0.25, -0.2) is 4.98 Å². The average molecular weight is 307 g/mol. The van der Waals surface area contributed by atoms with Crippen molar-refractivity contribution in [3.8, 4) is 6.07 Å². The van der Waals surface area contributed by atoms with E-state index in [1.165, 1.54) is 0 Å². The van der Waals surface area contributed by atoms with Gasteiger partial charge in [-0.15, -0.1) is 0 Å². The van der Waals surface area contributed by atoms with Crippen molar-refractivity contribution < 1.29 is 0 Å². The molecule has 116 valence electrons. The normalized spacial score (nSPS) is 17.8. The van der Waals surface area contributed by atoms with Crippen molar-refractivity contribution >= 4 is 11.5 Å². The topological polar surface area (TPSA) is 75.0 Å². The summed E-state index contributed by atoms with van der Waals surface area (Å²) in [5.41, 5.74) is 3.44. The molecule has 3 aromatic rings. The van der Waals surface area contributed by atoms with Crippen molar-refractivity contribution in [3.63, 3.8) is 0 Å². The van der Waals surface area contributed by atoms with Gasteiger partial charge in [-0.1, -0.05) is 0 Å². The van der Waals surface area contributed by atoms with Gasteiger partial charge in [0.05, 0.1) is 23.5 Å². The summed E-state index contributed by atoms with van der Waals surface area (Å²) in [6.07, 6.45) is 4.43. The first-order valence-corrected chi connectivity index (χ1v) is 7.67. The molecule has 4 rings (SSSR count). The van der Waals surface area contributed by atoms with Crippen LogP contribution in [0, 0.1) is 25.2 Å². The number of fused-ring (bicyclic) bond motifs is 1. The largest absolute Gasteiger partial charge is 0.354 e. The third-order valence-electron chi connectivity index (χ3n) is 4.25. The molecule has 1 aliphatic rings. The molecule has 0 aromatic carbocycles. The molecule has 7 nitrogen and oxygen atoms in total. The lowest BCUT2D eigenvalue weighted by atomic mass is 10.3. The highest BCUT2D eigenvalue weighted by Crippen LogP contribution is 2.27. The second-order valence-corrected chi connectivity index (χ2v) is 6.02. The van der Waals surface area contributed by atoms with Gasteiger partial charge in [0, 0.05) is 37.1 Å². The molecular formula is C16H17N7. The van der Waals surface area contributed by atoms with Crippen LogP contribution in [0.5, 0.6) is 0 Å². The van der Waals surface area contributed by atoms with E-state index in [0.717, 1.165) is 42.4 Å². The maximum Gasteiger partial charge on any atom is 0.157 e. The van der Waals surface area contributed by atoms with Crippen molar-refractivity contribution in [2.45, 2.75) is 26.3 Å².